The Hall–Kier alpha value is -1.64. The summed E-state index contributed by atoms with van der Waals surface area (Å²) in [5, 5.41) is 13.8. The zero-order valence-electron chi connectivity index (χ0n) is 12.3. The van der Waals surface area contributed by atoms with Crippen LogP contribution in [0.15, 0.2) is 54.6 Å². The molecule has 0 aromatic heterocycles. The highest BCUT2D eigenvalue weighted by atomic mass is 16.3. The van der Waals surface area contributed by atoms with E-state index in [1.807, 2.05) is 37.3 Å². The fraction of sp³-hybridized carbons (Fsp3) is 0.333. The molecule has 0 aliphatic rings. The molecular formula is C18H23NO. The van der Waals surface area contributed by atoms with Crippen LogP contribution in [-0.2, 0) is 5.60 Å². The topological polar surface area (TPSA) is 32.3 Å². The van der Waals surface area contributed by atoms with Gasteiger partial charge >= 0.3 is 0 Å². The summed E-state index contributed by atoms with van der Waals surface area (Å²) < 4.78 is 0. The summed E-state index contributed by atoms with van der Waals surface area (Å²) in [6.07, 6.45) is 1.07. The molecule has 0 heterocycles. The van der Waals surface area contributed by atoms with Gasteiger partial charge in [0, 0.05) is 6.54 Å². The molecule has 0 aliphatic heterocycles. The van der Waals surface area contributed by atoms with E-state index in [9.17, 15) is 5.11 Å². The van der Waals surface area contributed by atoms with E-state index in [2.05, 4.69) is 36.5 Å². The molecule has 106 valence electrons. The predicted octanol–water partition coefficient (Wildman–Crippen LogP) is 3.56. The molecule has 2 N–H and O–H groups in total. The second kappa shape index (κ2) is 6.69. The van der Waals surface area contributed by atoms with Crippen LogP contribution < -0.4 is 5.32 Å². The lowest BCUT2D eigenvalue weighted by atomic mass is 9.93. The second-order valence-electron chi connectivity index (χ2n) is 5.39. The highest BCUT2D eigenvalue weighted by Gasteiger charge is 2.22. The van der Waals surface area contributed by atoms with Crippen molar-refractivity contribution < 1.29 is 5.11 Å². The first kappa shape index (κ1) is 14.8. The lowest BCUT2D eigenvalue weighted by Gasteiger charge is -2.24. The van der Waals surface area contributed by atoms with Gasteiger partial charge in [-0.05, 0) is 36.6 Å². The zero-order chi connectivity index (χ0) is 14.4. The van der Waals surface area contributed by atoms with E-state index in [0.717, 1.165) is 18.5 Å². The van der Waals surface area contributed by atoms with Crippen LogP contribution in [0.1, 0.15) is 25.8 Å². The third kappa shape index (κ3) is 3.69. The number of aliphatic hydroxyl groups is 1. The minimum absolute atomic E-state index is 0.575. The van der Waals surface area contributed by atoms with Crippen LogP contribution in [0.5, 0.6) is 0 Å². The van der Waals surface area contributed by atoms with Gasteiger partial charge in [-0.3, -0.25) is 0 Å². The predicted molar refractivity (Wildman–Crippen MR) is 84.6 cm³/mol. The first-order chi connectivity index (χ1) is 9.63. The Morgan fingerprint density at radius 1 is 0.950 bits per heavy atom. The number of benzene rings is 2. The summed E-state index contributed by atoms with van der Waals surface area (Å²) >= 11 is 0. The normalized spacial score (nSPS) is 13.9. The molecule has 0 fully saturated rings. The molecule has 0 saturated carbocycles. The minimum Gasteiger partial charge on any atom is -0.384 e. The van der Waals surface area contributed by atoms with E-state index < -0.39 is 5.60 Å². The van der Waals surface area contributed by atoms with Crippen LogP contribution in [0.3, 0.4) is 0 Å². The van der Waals surface area contributed by atoms with Gasteiger partial charge in [0.1, 0.15) is 0 Å². The lowest BCUT2D eigenvalue weighted by molar-refractivity contribution is 0.0572. The van der Waals surface area contributed by atoms with Crippen molar-refractivity contribution in [2.75, 3.05) is 13.1 Å². The van der Waals surface area contributed by atoms with E-state index in [1.54, 1.807) is 0 Å². The highest BCUT2D eigenvalue weighted by Crippen LogP contribution is 2.24. The molecule has 0 saturated heterocycles. The molecule has 0 radical (unpaired) electrons. The van der Waals surface area contributed by atoms with Gasteiger partial charge in [-0.25, -0.2) is 0 Å². The Morgan fingerprint density at radius 2 is 1.55 bits per heavy atom. The van der Waals surface area contributed by atoms with Crippen LogP contribution in [0, 0.1) is 0 Å². The Morgan fingerprint density at radius 3 is 2.15 bits per heavy atom. The molecule has 20 heavy (non-hydrogen) atoms. The minimum atomic E-state index is -0.829. The average molecular weight is 269 g/mol. The summed E-state index contributed by atoms with van der Waals surface area (Å²) in [4.78, 5) is 0. The van der Waals surface area contributed by atoms with Crippen molar-refractivity contribution in [3.8, 4) is 11.1 Å². The Labute approximate surface area is 121 Å². The van der Waals surface area contributed by atoms with E-state index in [1.165, 1.54) is 11.1 Å². The quantitative estimate of drug-likeness (QED) is 0.786. The van der Waals surface area contributed by atoms with Gasteiger partial charge in [0.2, 0.25) is 0 Å². The molecule has 2 aromatic carbocycles. The number of hydrogen-bond donors (Lipinski definition) is 2. The Kier molecular flexibility index (Phi) is 4.94. The summed E-state index contributed by atoms with van der Waals surface area (Å²) in [6, 6.07) is 18.4. The van der Waals surface area contributed by atoms with Crippen molar-refractivity contribution in [3.63, 3.8) is 0 Å². The number of rotatable bonds is 6. The monoisotopic (exact) mass is 269 g/mol. The van der Waals surface area contributed by atoms with E-state index in [-0.39, 0.29) is 0 Å². The van der Waals surface area contributed by atoms with Gasteiger partial charge < -0.3 is 10.4 Å². The van der Waals surface area contributed by atoms with Gasteiger partial charge in [-0.2, -0.15) is 0 Å². The van der Waals surface area contributed by atoms with Crippen molar-refractivity contribution in [1.29, 1.82) is 0 Å². The molecule has 0 spiro atoms. The first-order valence-corrected chi connectivity index (χ1v) is 7.22. The van der Waals surface area contributed by atoms with Gasteiger partial charge in [-0.1, -0.05) is 61.5 Å². The fourth-order valence-corrected chi connectivity index (χ4v) is 2.26. The summed E-state index contributed by atoms with van der Waals surface area (Å²) in [7, 11) is 0. The lowest BCUT2D eigenvalue weighted by Crippen LogP contribution is -2.35. The van der Waals surface area contributed by atoms with E-state index in [4.69, 9.17) is 0 Å². The molecular weight excluding hydrogens is 246 g/mol. The van der Waals surface area contributed by atoms with Crippen molar-refractivity contribution in [3.05, 3.63) is 60.2 Å². The van der Waals surface area contributed by atoms with Gasteiger partial charge in [0.25, 0.3) is 0 Å². The smallest absolute Gasteiger partial charge is 0.0992 e. The fourth-order valence-electron chi connectivity index (χ4n) is 2.26. The summed E-state index contributed by atoms with van der Waals surface area (Å²) in [5.74, 6) is 0. The van der Waals surface area contributed by atoms with Crippen molar-refractivity contribution >= 4 is 0 Å². The molecule has 1 unspecified atom stereocenters. The molecule has 2 nitrogen and oxygen atoms in total. The van der Waals surface area contributed by atoms with Crippen LogP contribution in [0.25, 0.3) is 11.1 Å². The maximum Gasteiger partial charge on any atom is 0.0992 e. The summed E-state index contributed by atoms with van der Waals surface area (Å²) in [5.41, 5.74) is 2.49. The van der Waals surface area contributed by atoms with Crippen molar-refractivity contribution in [2.45, 2.75) is 25.9 Å². The van der Waals surface area contributed by atoms with Gasteiger partial charge in [0.15, 0.2) is 0 Å². The van der Waals surface area contributed by atoms with Crippen LogP contribution in [-0.4, -0.2) is 18.2 Å². The molecule has 0 aliphatic carbocycles. The average Bonchev–Trinajstić information content (AvgIpc) is 2.48. The Balaban J connectivity index is 2.11. The van der Waals surface area contributed by atoms with Gasteiger partial charge in [-0.15, -0.1) is 0 Å². The zero-order valence-corrected chi connectivity index (χ0v) is 12.3. The van der Waals surface area contributed by atoms with Crippen LogP contribution in [0.2, 0.25) is 0 Å². The van der Waals surface area contributed by atoms with Crippen LogP contribution in [0.4, 0.5) is 0 Å². The van der Waals surface area contributed by atoms with E-state index in [0.29, 0.717) is 6.54 Å². The maximum atomic E-state index is 10.5. The maximum absolute atomic E-state index is 10.5. The highest BCUT2D eigenvalue weighted by molar-refractivity contribution is 5.63. The molecule has 2 aromatic rings. The number of hydrogen-bond acceptors (Lipinski definition) is 2. The first-order valence-electron chi connectivity index (χ1n) is 7.22. The van der Waals surface area contributed by atoms with Crippen LogP contribution >= 0.6 is 0 Å². The largest absolute Gasteiger partial charge is 0.384 e. The summed E-state index contributed by atoms with van der Waals surface area (Å²) in [6.45, 7) is 5.48. The molecule has 2 heteroatoms. The van der Waals surface area contributed by atoms with Crippen molar-refractivity contribution in [2.24, 2.45) is 0 Å². The van der Waals surface area contributed by atoms with E-state index >= 15 is 0 Å². The molecule has 0 bridgehead atoms. The SMILES string of the molecule is CCCNCC(C)(O)c1ccc(-c2ccccc2)cc1. The third-order valence-corrected chi connectivity index (χ3v) is 3.51. The van der Waals surface area contributed by atoms with Crippen molar-refractivity contribution in [1.82, 2.24) is 5.32 Å². The van der Waals surface area contributed by atoms with Gasteiger partial charge in [0.05, 0.1) is 5.60 Å². The Bertz CT molecular complexity index is 517. The number of nitrogens with one attached hydrogen (secondary N) is 1. The standard InChI is InChI=1S/C18H23NO/c1-3-13-19-14-18(2,20)17-11-9-16(10-12-17)15-7-5-4-6-8-15/h4-12,19-20H,3,13-14H2,1-2H3. The molecule has 2 rings (SSSR count). The third-order valence-electron chi connectivity index (χ3n) is 3.51. The second-order valence-corrected chi connectivity index (χ2v) is 5.39. The molecule has 0 amide bonds. The molecule has 1 atom stereocenters.